The van der Waals surface area contributed by atoms with Gasteiger partial charge in [-0.05, 0) is 25.8 Å². The maximum atomic E-state index is 5.67. The van der Waals surface area contributed by atoms with Crippen molar-refractivity contribution in [3.63, 3.8) is 0 Å². The molecule has 0 radical (unpaired) electrons. The molecule has 0 spiro atoms. The highest BCUT2D eigenvalue weighted by Crippen LogP contribution is 2.35. The van der Waals surface area contributed by atoms with E-state index in [1.165, 1.54) is 29.1 Å². The largest absolute Gasteiger partial charge is 0.373 e. The second kappa shape index (κ2) is 4.20. The van der Waals surface area contributed by atoms with Crippen LogP contribution in [0.1, 0.15) is 41.2 Å². The molecule has 1 N–H and O–H groups in total. The van der Waals surface area contributed by atoms with Crippen LogP contribution in [0, 0.1) is 0 Å². The third-order valence-electron chi connectivity index (χ3n) is 3.20. The smallest absolute Gasteiger partial charge is 0.0972 e. The van der Waals surface area contributed by atoms with Gasteiger partial charge in [-0.2, -0.15) is 0 Å². The van der Waals surface area contributed by atoms with Crippen LogP contribution in [0.15, 0.2) is 6.20 Å². The van der Waals surface area contributed by atoms with Crippen LogP contribution in [0.3, 0.4) is 0 Å². The standard InChI is InChI=1S/C11H16N2OS/c1-2-9(14-5-1)10-7-13-11(15-10)8-3-4-12-6-8/h7-9,12H,1-6H2. The van der Waals surface area contributed by atoms with E-state index in [4.69, 9.17) is 4.74 Å². The molecule has 2 unspecified atom stereocenters. The van der Waals surface area contributed by atoms with E-state index in [0.29, 0.717) is 12.0 Å². The number of ether oxygens (including phenoxy) is 1. The molecule has 4 heteroatoms. The lowest BCUT2D eigenvalue weighted by Crippen LogP contribution is -2.07. The minimum absolute atomic E-state index is 0.339. The van der Waals surface area contributed by atoms with Crippen molar-refractivity contribution >= 4 is 11.3 Å². The number of thiazole rings is 1. The van der Waals surface area contributed by atoms with Crippen molar-refractivity contribution in [1.82, 2.24) is 10.3 Å². The fourth-order valence-corrected chi connectivity index (χ4v) is 3.44. The molecule has 2 aliphatic rings. The molecule has 2 saturated heterocycles. The summed E-state index contributed by atoms with van der Waals surface area (Å²) in [6.07, 6.45) is 5.96. The van der Waals surface area contributed by atoms with E-state index >= 15 is 0 Å². The van der Waals surface area contributed by atoms with Crippen LogP contribution in [0.2, 0.25) is 0 Å². The summed E-state index contributed by atoms with van der Waals surface area (Å²) in [6.45, 7) is 3.15. The quantitative estimate of drug-likeness (QED) is 0.835. The van der Waals surface area contributed by atoms with Gasteiger partial charge >= 0.3 is 0 Å². The van der Waals surface area contributed by atoms with Crippen molar-refractivity contribution in [2.75, 3.05) is 19.7 Å². The normalized spacial score (nSPS) is 31.2. The van der Waals surface area contributed by atoms with Crippen LogP contribution >= 0.6 is 11.3 Å². The highest BCUT2D eigenvalue weighted by molar-refractivity contribution is 7.11. The maximum Gasteiger partial charge on any atom is 0.0972 e. The van der Waals surface area contributed by atoms with E-state index in [2.05, 4.69) is 10.3 Å². The Morgan fingerprint density at radius 2 is 2.47 bits per heavy atom. The molecular weight excluding hydrogens is 208 g/mol. The van der Waals surface area contributed by atoms with E-state index in [9.17, 15) is 0 Å². The summed E-state index contributed by atoms with van der Waals surface area (Å²) in [4.78, 5) is 5.87. The van der Waals surface area contributed by atoms with Gasteiger partial charge in [-0.1, -0.05) is 0 Å². The van der Waals surface area contributed by atoms with Crippen LogP contribution in [-0.4, -0.2) is 24.7 Å². The lowest BCUT2D eigenvalue weighted by Gasteiger charge is -2.05. The van der Waals surface area contributed by atoms with Crippen LogP contribution in [-0.2, 0) is 4.74 Å². The molecule has 0 saturated carbocycles. The van der Waals surface area contributed by atoms with Crippen LogP contribution < -0.4 is 5.32 Å². The van der Waals surface area contributed by atoms with Gasteiger partial charge in [0.25, 0.3) is 0 Å². The van der Waals surface area contributed by atoms with Gasteiger partial charge in [0, 0.05) is 25.3 Å². The highest BCUT2D eigenvalue weighted by atomic mass is 32.1. The molecule has 0 aromatic carbocycles. The van der Waals surface area contributed by atoms with E-state index in [-0.39, 0.29) is 0 Å². The lowest BCUT2D eigenvalue weighted by molar-refractivity contribution is 0.114. The predicted molar refractivity (Wildman–Crippen MR) is 60.3 cm³/mol. The summed E-state index contributed by atoms with van der Waals surface area (Å²) in [7, 11) is 0. The Kier molecular flexibility index (Phi) is 2.73. The summed E-state index contributed by atoms with van der Waals surface area (Å²) in [5.74, 6) is 0.644. The Hall–Kier alpha value is -0.450. The van der Waals surface area contributed by atoms with Crippen LogP contribution in [0.4, 0.5) is 0 Å². The molecule has 0 bridgehead atoms. The van der Waals surface area contributed by atoms with Crippen molar-refractivity contribution in [1.29, 1.82) is 0 Å². The second-order valence-electron chi connectivity index (χ2n) is 4.29. The minimum atomic E-state index is 0.339. The Morgan fingerprint density at radius 1 is 1.47 bits per heavy atom. The molecule has 0 amide bonds. The van der Waals surface area contributed by atoms with E-state index in [1.54, 1.807) is 0 Å². The first-order valence-electron chi connectivity index (χ1n) is 5.71. The molecular formula is C11H16N2OS. The number of rotatable bonds is 2. The highest BCUT2D eigenvalue weighted by Gasteiger charge is 2.24. The molecule has 3 rings (SSSR count). The third kappa shape index (κ3) is 1.94. The van der Waals surface area contributed by atoms with Gasteiger partial charge in [-0.25, -0.2) is 4.98 Å². The van der Waals surface area contributed by atoms with Crippen molar-refractivity contribution in [2.45, 2.75) is 31.3 Å². The van der Waals surface area contributed by atoms with Gasteiger partial charge in [-0.3, -0.25) is 0 Å². The molecule has 82 valence electrons. The number of hydrogen-bond acceptors (Lipinski definition) is 4. The van der Waals surface area contributed by atoms with Crippen molar-refractivity contribution in [3.8, 4) is 0 Å². The average molecular weight is 224 g/mol. The molecule has 0 aliphatic carbocycles. The first-order chi connectivity index (χ1) is 7.43. The average Bonchev–Trinajstić information content (AvgIpc) is 3.02. The second-order valence-corrected chi connectivity index (χ2v) is 5.39. The fourth-order valence-electron chi connectivity index (χ4n) is 2.31. The molecule has 2 atom stereocenters. The van der Waals surface area contributed by atoms with Gasteiger partial charge in [0.15, 0.2) is 0 Å². The third-order valence-corrected chi connectivity index (χ3v) is 4.45. The minimum Gasteiger partial charge on any atom is -0.373 e. The van der Waals surface area contributed by atoms with Gasteiger partial charge in [0.1, 0.15) is 0 Å². The topological polar surface area (TPSA) is 34.2 Å². The first kappa shape index (κ1) is 9.75. The van der Waals surface area contributed by atoms with Gasteiger partial charge in [0.2, 0.25) is 0 Å². The van der Waals surface area contributed by atoms with Crippen LogP contribution in [0.5, 0.6) is 0 Å². The molecule has 1 aromatic heterocycles. The molecule has 2 fully saturated rings. The summed E-state index contributed by atoms with van der Waals surface area (Å²) < 4.78 is 5.67. The van der Waals surface area contributed by atoms with Crippen LogP contribution in [0.25, 0.3) is 0 Å². The summed E-state index contributed by atoms with van der Waals surface area (Å²) in [5.41, 5.74) is 0. The van der Waals surface area contributed by atoms with E-state index < -0.39 is 0 Å². The van der Waals surface area contributed by atoms with E-state index in [1.807, 2.05) is 17.5 Å². The fraction of sp³-hybridized carbons (Fsp3) is 0.727. The Balaban J connectivity index is 1.74. The molecule has 3 nitrogen and oxygen atoms in total. The lowest BCUT2D eigenvalue weighted by atomic mass is 10.1. The SMILES string of the molecule is c1nc(C2CCNC2)sc1C1CCCO1. The van der Waals surface area contributed by atoms with Gasteiger partial charge < -0.3 is 10.1 Å². The number of hydrogen-bond donors (Lipinski definition) is 1. The zero-order valence-corrected chi connectivity index (χ0v) is 9.55. The van der Waals surface area contributed by atoms with E-state index in [0.717, 1.165) is 19.7 Å². The van der Waals surface area contributed by atoms with Crippen molar-refractivity contribution < 1.29 is 4.74 Å². The first-order valence-corrected chi connectivity index (χ1v) is 6.53. The zero-order chi connectivity index (χ0) is 10.1. The Labute approximate surface area is 93.9 Å². The van der Waals surface area contributed by atoms with Gasteiger partial charge in [0.05, 0.1) is 16.0 Å². The Morgan fingerprint density at radius 3 is 3.20 bits per heavy atom. The zero-order valence-electron chi connectivity index (χ0n) is 8.74. The number of nitrogens with zero attached hydrogens (tertiary/aromatic N) is 1. The van der Waals surface area contributed by atoms with Crippen molar-refractivity contribution in [3.05, 3.63) is 16.1 Å². The number of aromatic nitrogens is 1. The van der Waals surface area contributed by atoms with Crippen molar-refractivity contribution in [2.24, 2.45) is 0 Å². The molecule has 15 heavy (non-hydrogen) atoms. The summed E-state index contributed by atoms with van der Waals surface area (Å²) in [6, 6.07) is 0. The summed E-state index contributed by atoms with van der Waals surface area (Å²) in [5, 5.41) is 4.68. The molecule has 1 aromatic rings. The summed E-state index contributed by atoms with van der Waals surface area (Å²) >= 11 is 1.85. The Bertz CT molecular complexity index is 297. The predicted octanol–water partition coefficient (Wildman–Crippen LogP) is 2.07. The molecule has 3 heterocycles. The molecule has 2 aliphatic heterocycles. The maximum absolute atomic E-state index is 5.67. The monoisotopic (exact) mass is 224 g/mol. The number of nitrogens with one attached hydrogen (secondary N) is 1. The van der Waals surface area contributed by atoms with Gasteiger partial charge in [-0.15, -0.1) is 11.3 Å².